The maximum absolute atomic E-state index is 13.2. The van der Waals surface area contributed by atoms with Crippen molar-refractivity contribution in [2.45, 2.75) is 33.0 Å². The van der Waals surface area contributed by atoms with E-state index in [-0.39, 0.29) is 24.8 Å². The molecule has 1 aliphatic heterocycles. The van der Waals surface area contributed by atoms with Crippen LogP contribution in [0.25, 0.3) is 10.9 Å². The molecule has 116 valence electrons. The molecule has 1 aliphatic rings. The van der Waals surface area contributed by atoms with Gasteiger partial charge in [0.05, 0.1) is 12.1 Å². The highest BCUT2D eigenvalue weighted by Gasteiger charge is 2.26. The van der Waals surface area contributed by atoms with Gasteiger partial charge in [-0.3, -0.25) is 14.3 Å². The van der Waals surface area contributed by atoms with Crippen LogP contribution in [0.3, 0.4) is 0 Å². The van der Waals surface area contributed by atoms with Gasteiger partial charge >= 0.3 is 0 Å². The molecule has 2 aromatic rings. The number of aryl methyl sites for hydroxylation is 1. The molecule has 1 saturated heterocycles. The summed E-state index contributed by atoms with van der Waals surface area (Å²) in [5.41, 5.74) is 2.15. The minimum Gasteiger partial charge on any atom is -0.338 e. The van der Waals surface area contributed by atoms with Crippen molar-refractivity contribution in [3.8, 4) is 0 Å². The van der Waals surface area contributed by atoms with Crippen LogP contribution in [0.4, 0.5) is 4.39 Å². The minimum atomic E-state index is -0.936. The third-order valence-corrected chi connectivity index (χ3v) is 4.01. The first-order chi connectivity index (χ1) is 10.5. The number of hydrogen-bond donors (Lipinski definition) is 0. The summed E-state index contributed by atoms with van der Waals surface area (Å²) < 4.78 is 14.8. The number of carbonyl (C=O) groups is 2. The zero-order valence-corrected chi connectivity index (χ0v) is 12.7. The minimum absolute atomic E-state index is 0.0273. The van der Waals surface area contributed by atoms with Crippen molar-refractivity contribution < 1.29 is 14.0 Å². The molecule has 3 rings (SSSR count). The number of amides is 1. The first-order valence-corrected chi connectivity index (χ1v) is 7.35. The van der Waals surface area contributed by atoms with Crippen LogP contribution in [0.2, 0.25) is 0 Å². The van der Waals surface area contributed by atoms with Gasteiger partial charge in [-0.25, -0.2) is 4.39 Å². The van der Waals surface area contributed by atoms with E-state index >= 15 is 0 Å². The maximum atomic E-state index is 13.2. The van der Waals surface area contributed by atoms with Crippen molar-refractivity contribution >= 4 is 22.6 Å². The van der Waals surface area contributed by atoms with Crippen LogP contribution in [-0.2, 0) is 11.3 Å². The lowest BCUT2D eigenvalue weighted by Crippen LogP contribution is -2.32. The lowest BCUT2D eigenvalue weighted by Gasteiger charge is -2.15. The van der Waals surface area contributed by atoms with Crippen LogP contribution >= 0.6 is 0 Å². The number of fused-ring (bicyclic) bond motifs is 1. The molecular weight excluding hydrogens is 285 g/mol. The van der Waals surface area contributed by atoms with Crippen LogP contribution in [0.15, 0.2) is 18.2 Å². The summed E-state index contributed by atoms with van der Waals surface area (Å²) >= 11 is 0. The van der Waals surface area contributed by atoms with E-state index in [4.69, 9.17) is 0 Å². The largest absolute Gasteiger partial charge is 0.338 e. The predicted molar refractivity (Wildman–Crippen MR) is 80.6 cm³/mol. The van der Waals surface area contributed by atoms with Gasteiger partial charge in [-0.1, -0.05) is 11.6 Å². The number of ketones is 1. The zero-order valence-electron chi connectivity index (χ0n) is 12.7. The van der Waals surface area contributed by atoms with Crippen molar-refractivity contribution in [2.24, 2.45) is 0 Å². The highest BCUT2D eigenvalue weighted by molar-refractivity contribution is 6.05. The zero-order chi connectivity index (χ0) is 15.9. The van der Waals surface area contributed by atoms with Gasteiger partial charge in [0.2, 0.25) is 5.91 Å². The third kappa shape index (κ3) is 2.61. The standard InChI is InChI=1S/C16H18FN3O2/c1-10-3-4-14-13(7-10)16(11(2)21)18-20(14)9-15(22)19-6-5-12(17)8-19/h3-4,7,12H,5-6,8-9H2,1-2H3. The fourth-order valence-electron chi connectivity index (χ4n) is 2.85. The number of likely N-dealkylation sites (tertiary alicyclic amines) is 1. The second kappa shape index (κ2) is 5.51. The highest BCUT2D eigenvalue weighted by Crippen LogP contribution is 2.21. The van der Waals surface area contributed by atoms with E-state index in [1.807, 2.05) is 25.1 Å². The molecule has 0 spiro atoms. The Morgan fingerprint density at radius 3 is 2.82 bits per heavy atom. The SMILES string of the molecule is CC(=O)c1nn(CC(=O)N2CCC(F)C2)c2ccc(C)cc12. The molecule has 1 amide bonds. The van der Waals surface area contributed by atoms with E-state index in [9.17, 15) is 14.0 Å². The molecular formula is C16H18FN3O2. The summed E-state index contributed by atoms with van der Waals surface area (Å²) in [5, 5.41) is 5.04. The number of alkyl halides is 1. The number of aromatic nitrogens is 2. The first kappa shape index (κ1) is 14.7. The Morgan fingerprint density at radius 2 is 2.18 bits per heavy atom. The number of benzene rings is 1. The monoisotopic (exact) mass is 303 g/mol. The number of carbonyl (C=O) groups excluding carboxylic acids is 2. The van der Waals surface area contributed by atoms with Crippen molar-refractivity contribution in [2.75, 3.05) is 13.1 Å². The van der Waals surface area contributed by atoms with E-state index in [0.717, 1.165) is 16.5 Å². The fraction of sp³-hybridized carbons (Fsp3) is 0.438. The van der Waals surface area contributed by atoms with Gasteiger partial charge < -0.3 is 4.90 Å². The van der Waals surface area contributed by atoms with Gasteiger partial charge in [0, 0.05) is 18.9 Å². The van der Waals surface area contributed by atoms with Crippen LogP contribution in [0.1, 0.15) is 29.4 Å². The summed E-state index contributed by atoms with van der Waals surface area (Å²) in [6, 6.07) is 5.68. The average molecular weight is 303 g/mol. The van der Waals surface area contributed by atoms with Crippen molar-refractivity contribution in [3.63, 3.8) is 0 Å². The Labute approximate surface area is 127 Å². The Hall–Kier alpha value is -2.24. The van der Waals surface area contributed by atoms with Crippen LogP contribution in [0.5, 0.6) is 0 Å². The molecule has 1 aromatic carbocycles. The summed E-state index contributed by atoms with van der Waals surface area (Å²) in [7, 11) is 0. The predicted octanol–water partition coefficient (Wildman–Crippen LogP) is 2.12. The van der Waals surface area contributed by atoms with Crippen molar-refractivity contribution in [3.05, 3.63) is 29.5 Å². The second-order valence-corrected chi connectivity index (χ2v) is 5.81. The molecule has 0 aliphatic carbocycles. The van der Waals surface area contributed by atoms with Gasteiger partial charge in [0.15, 0.2) is 5.78 Å². The van der Waals surface area contributed by atoms with Gasteiger partial charge in [0.1, 0.15) is 18.4 Å². The van der Waals surface area contributed by atoms with E-state index in [0.29, 0.717) is 18.7 Å². The number of halogens is 1. The molecule has 0 saturated carbocycles. The summed E-state index contributed by atoms with van der Waals surface area (Å²) in [4.78, 5) is 25.5. The molecule has 1 aromatic heterocycles. The van der Waals surface area contributed by atoms with E-state index in [1.54, 1.807) is 4.68 Å². The Morgan fingerprint density at radius 1 is 1.41 bits per heavy atom. The van der Waals surface area contributed by atoms with Gasteiger partial charge in [-0.15, -0.1) is 0 Å². The normalized spacial score (nSPS) is 18.1. The first-order valence-electron chi connectivity index (χ1n) is 7.35. The Balaban J connectivity index is 1.94. The van der Waals surface area contributed by atoms with E-state index in [2.05, 4.69) is 5.10 Å². The number of nitrogens with zero attached hydrogens (tertiary/aromatic N) is 3. The molecule has 0 radical (unpaired) electrons. The van der Waals surface area contributed by atoms with Crippen molar-refractivity contribution in [1.29, 1.82) is 0 Å². The molecule has 1 atom stereocenters. The average Bonchev–Trinajstić information content (AvgIpc) is 3.03. The van der Waals surface area contributed by atoms with Gasteiger partial charge in [-0.05, 0) is 25.5 Å². The summed E-state index contributed by atoms with van der Waals surface area (Å²) in [5.74, 6) is -0.299. The smallest absolute Gasteiger partial charge is 0.244 e. The molecule has 0 bridgehead atoms. The van der Waals surface area contributed by atoms with Gasteiger partial charge in [0.25, 0.3) is 0 Å². The summed E-state index contributed by atoms with van der Waals surface area (Å²) in [6.45, 7) is 4.02. The molecule has 1 fully saturated rings. The maximum Gasteiger partial charge on any atom is 0.244 e. The lowest BCUT2D eigenvalue weighted by atomic mass is 10.1. The van der Waals surface area contributed by atoms with E-state index < -0.39 is 6.17 Å². The number of hydrogen-bond acceptors (Lipinski definition) is 3. The van der Waals surface area contributed by atoms with Crippen LogP contribution in [0, 0.1) is 6.92 Å². The lowest BCUT2D eigenvalue weighted by molar-refractivity contribution is -0.131. The number of Topliss-reactive ketones (excluding diaryl/α,β-unsaturated/α-hetero) is 1. The van der Waals surface area contributed by atoms with E-state index in [1.165, 1.54) is 11.8 Å². The topological polar surface area (TPSA) is 55.2 Å². The summed E-state index contributed by atoms with van der Waals surface area (Å²) in [6.07, 6.45) is -0.544. The Bertz CT molecular complexity index is 753. The quantitative estimate of drug-likeness (QED) is 0.816. The number of rotatable bonds is 3. The van der Waals surface area contributed by atoms with Crippen LogP contribution < -0.4 is 0 Å². The second-order valence-electron chi connectivity index (χ2n) is 5.81. The molecule has 0 N–H and O–H groups in total. The molecule has 2 heterocycles. The van der Waals surface area contributed by atoms with Crippen molar-refractivity contribution in [1.82, 2.24) is 14.7 Å². The van der Waals surface area contributed by atoms with Crippen LogP contribution in [-0.4, -0.2) is 45.6 Å². The van der Waals surface area contributed by atoms with Gasteiger partial charge in [-0.2, -0.15) is 5.10 Å². The highest BCUT2D eigenvalue weighted by atomic mass is 19.1. The molecule has 5 nitrogen and oxygen atoms in total. The third-order valence-electron chi connectivity index (χ3n) is 4.01. The molecule has 1 unspecified atom stereocenters. The Kier molecular flexibility index (Phi) is 3.68. The molecule has 6 heteroatoms. The molecule has 22 heavy (non-hydrogen) atoms. The fourth-order valence-corrected chi connectivity index (χ4v) is 2.85.